The molecule has 9 heteroatoms. The van der Waals surface area contributed by atoms with Gasteiger partial charge in [0.1, 0.15) is 0 Å². The molecule has 2 saturated heterocycles. The number of nitrogens with zero attached hydrogens (tertiary/aromatic N) is 2. The zero-order valence-corrected chi connectivity index (χ0v) is 18.9. The molecular weight excluding hydrogens is 436 g/mol. The summed E-state index contributed by atoms with van der Waals surface area (Å²) in [7, 11) is 0. The van der Waals surface area contributed by atoms with Crippen molar-refractivity contribution < 1.29 is 23.9 Å². The molecule has 9 nitrogen and oxygen atoms in total. The van der Waals surface area contributed by atoms with Gasteiger partial charge in [0.2, 0.25) is 18.6 Å². The lowest BCUT2D eigenvalue weighted by Gasteiger charge is -2.21. The first-order chi connectivity index (χ1) is 16.6. The number of ether oxygens (including phenoxy) is 2. The minimum atomic E-state index is -0.458. The number of rotatable bonds is 4. The van der Waals surface area contributed by atoms with Gasteiger partial charge < -0.3 is 29.9 Å². The van der Waals surface area contributed by atoms with E-state index in [9.17, 15) is 14.4 Å². The second kappa shape index (κ2) is 9.62. The number of anilines is 3. The number of amides is 4. The van der Waals surface area contributed by atoms with Gasteiger partial charge in [-0.1, -0.05) is 12.8 Å². The van der Waals surface area contributed by atoms with E-state index in [1.165, 1.54) is 12.8 Å². The number of hydrogen-bond acceptors (Lipinski definition) is 5. The van der Waals surface area contributed by atoms with Crippen LogP contribution in [0.15, 0.2) is 42.5 Å². The van der Waals surface area contributed by atoms with Crippen molar-refractivity contribution in [3.05, 3.63) is 42.5 Å². The van der Waals surface area contributed by atoms with Crippen LogP contribution in [0.3, 0.4) is 0 Å². The van der Waals surface area contributed by atoms with Crippen LogP contribution in [0.5, 0.6) is 11.5 Å². The molecule has 4 amide bonds. The van der Waals surface area contributed by atoms with Gasteiger partial charge in [-0.2, -0.15) is 0 Å². The molecule has 0 aromatic heterocycles. The van der Waals surface area contributed by atoms with Gasteiger partial charge in [-0.25, -0.2) is 4.79 Å². The van der Waals surface area contributed by atoms with Crippen LogP contribution in [0.2, 0.25) is 0 Å². The molecule has 1 atom stereocenters. The fourth-order valence-corrected chi connectivity index (χ4v) is 4.54. The average Bonchev–Trinajstić information content (AvgIpc) is 3.37. The van der Waals surface area contributed by atoms with Gasteiger partial charge in [-0.05, 0) is 49.2 Å². The fourth-order valence-electron chi connectivity index (χ4n) is 4.54. The topological polar surface area (TPSA) is 100 Å². The number of urea groups is 1. The Morgan fingerprint density at radius 3 is 2.26 bits per heavy atom. The predicted octanol–water partition coefficient (Wildman–Crippen LogP) is 3.81. The third kappa shape index (κ3) is 4.78. The van der Waals surface area contributed by atoms with Crippen molar-refractivity contribution in [1.82, 2.24) is 4.90 Å². The van der Waals surface area contributed by atoms with Gasteiger partial charge in [0.05, 0.1) is 5.92 Å². The van der Waals surface area contributed by atoms with Gasteiger partial charge in [-0.3, -0.25) is 9.59 Å². The highest BCUT2D eigenvalue weighted by atomic mass is 16.7. The Labute approximate surface area is 198 Å². The number of hydrogen-bond donors (Lipinski definition) is 2. The Bertz CT molecular complexity index is 1080. The summed E-state index contributed by atoms with van der Waals surface area (Å²) >= 11 is 0. The number of carbonyl (C=O) groups excluding carboxylic acids is 3. The summed E-state index contributed by atoms with van der Waals surface area (Å²) in [5.74, 6) is 0.473. The molecule has 5 rings (SSSR count). The van der Waals surface area contributed by atoms with Crippen LogP contribution in [0.25, 0.3) is 0 Å². The van der Waals surface area contributed by atoms with Crippen molar-refractivity contribution in [1.29, 1.82) is 0 Å². The van der Waals surface area contributed by atoms with Crippen molar-refractivity contribution in [2.75, 3.05) is 42.0 Å². The molecular formula is C25H28N4O5. The molecule has 2 aromatic rings. The molecule has 178 valence electrons. The second-order valence-corrected chi connectivity index (χ2v) is 8.84. The molecule has 3 aliphatic heterocycles. The maximum atomic E-state index is 12.8. The Balaban J connectivity index is 1.16. The van der Waals surface area contributed by atoms with Crippen molar-refractivity contribution in [2.24, 2.45) is 5.92 Å². The molecule has 2 fully saturated rings. The third-order valence-corrected chi connectivity index (χ3v) is 6.46. The quantitative estimate of drug-likeness (QED) is 0.717. The third-order valence-electron chi connectivity index (χ3n) is 6.46. The molecule has 2 N–H and O–H groups in total. The van der Waals surface area contributed by atoms with Crippen LogP contribution in [0, 0.1) is 5.92 Å². The molecule has 3 heterocycles. The van der Waals surface area contributed by atoms with Crippen LogP contribution in [-0.2, 0) is 9.59 Å². The van der Waals surface area contributed by atoms with Crippen molar-refractivity contribution in [3.63, 3.8) is 0 Å². The van der Waals surface area contributed by atoms with Crippen LogP contribution in [-0.4, -0.2) is 49.2 Å². The van der Waals surface area contributed by atoms with Crippen LogP contribution in [0.4, 0.5) is 21.9 Å². The Hall–Kier alpha value is -3.75. The monoisotopic (exact) mass is 464 g/mol. The lowest BCUT2D eigenvalue weighted by atomic mass is 10.1. The number of carbonyl (C=O) groups is 3. The van der Waals surface area contributed by atoms with Crippen molar-refractivity contribution in [3.8, 4) is 11.5 Å². The molecule has 0 aliphatic carbocycles. The Morgan fingerprint density at radius 2 is 1.53 bits per heavy atom. The normalized spacial score (nSPS) is 19.6. The van der Waals surface area contributed by atoms with Crippen LogP contribution < -0.4 is 25.0 Å². The maximum absolute atomic E-state index is 12.8. The minimum Gasteiger partial charge on any atom is -0.454 e. The van der Waals surface area contributed by atoms with Gasteiger partial charge >= 0.3 is 6.03 Å². The summed E-state index contributed by atoms with van der Waals surface area (Å²) in [4.78, 5) is 41.3. The lowest BCUT2D eigenvalue weighted by Crippen LogP contribution is -2.35. The van der Waals surface area contributed by atoms with E-state index in [0.29, 0.717) is 35.1 Å². The zero-order chi connectivity index (χ0) is 23.5. The molecule has 0 radical (unpaired) electrons. The van der Waals surface area contributed by atoms with Gasteiger partial charge in [0, 0.05) is 49.2 Å². The SMILES string of the molecule is O=C(Nc1ccc(NC(=O)N2CCCCCC2)cc1)C1CC(=O)N(c2ccc3c(c2)OCO3)C1. The summed E-state index contributed by atoms with van der Waals surface area (Å²) in [6.07, 6.45) is 4.55. The standard InChI is InChI=1S/C25H28N4O5/c30-23-13-17(15-29(23)20-9-10-21-22(14-20)34-16-33-21)24(31)26-18-5-7-19(8-6-18)27-25(32)28-11-3-1-2-4-12-28/h5-10,14,17H,1-4,11-13,15-16H2,(H,26,31)(H,27,32). The first-order valence-electron chi connectivity index (χ1n) is 11.7. The highest BCUT2D eigenvalue weighted by molar-refractivity contribution is 6.03. The molecule has 0 saturated carbocycles. The molecule has 0 bridgehead atoms. The summed E-state index contributed by atoms with van der Waals surface area (Å²) in [5.41, 5.74) is 1.98. The van der Waals surface area contributed by atoms with E-state index in [1.54, 1.807) is 47.4 Å². The number of fused-ring (bicyclic) bond motifs is 1. The molecule has 2 aromatic carbocycles. The summed E-state index contributed by atoms with van der Waals surface area (Å²) in [6, 6.07) is 12.3. The summed E-state index contributed by atoms with van der Waals surface area (Å²) < 4.78 is 10.7. The largest absolute Gasteiger partial charge is 0.454 e. The zero-order valence-electron chi connectivity index (χ0n) is 18.9. The molecule has 1 unspecified atom stereocenters. The Morgan fingerprint density at radius 1 is 0.853 bits per heavy atom. The maximum Gasteiger partial charge on any atom is 0.321 e. The first-order valence-corrected chi connectivity index (χ1v) is 11.7. The van der Waals surface area contributed by atoms with Crippen LogP contribution >= 0.6 is 0 Å². The minimum absolute atomic E-state index is 0.0910. The first kappa shape index (κ1) is 22.1. The van der Waals surface area contributed by atoms with Gasteiger partial charge in [0.25, 0.3) is 0 Å². The van der Waals surface area contributed by atoms with E-state index < -0.39 is 5.92 Å². The van der Waals surface area contributed by atoms with Crippen LogP contribution in [0.1, 0.15) is 32.1 Å². The summed E-state index contributed by atoms with van der Waals surface area (Å²) in [5, 5.41) is 5.81. The smallest absolute Gasteiger partial charge is 0.321 e. The number of benzene rings is 2. The average molecular weight is 465 g/mol. The highest BCUT2D eigenvalue weighted by Gasteiger charge is 2.35. The Kier molecular flexibility index (Phi) is 6.24. The number of likely N-dealkylation sites (tertiary alicyclic amines) is 1. The highest BCUT2D eigenvalue weighted by Crippen LogP contribution is 2.37. The van der Waals surface area contributed by atoms with Crippen molar-refractivity contribution in [2.45, 2.75) is 32.1 Å². The number of nitrogens with one attached hydrogen (secondary N) is 2. The van der Waals surface area contributed by atoms with E-state index in [0.717, 1.165) is 25.9 Å². The second-order valence-electron chi connectivity index (χ2n) is 8.84. The fraction of sp³-hybridized carbons (Fsp3) is 0.400. The lowest BCUT2D eigenvalue weighted by molar-refractivity contribution is -0.122. The summed E-state index contributed by atoms with van der Waals surface area (Å²) in [6.45, 7) is 2.03. The van der Waals surface area contributed by atoms with E-state index in [4.69, 9.17) is 9.47 Å². The molecule has 0 spiro atoms. The molecule has 34 heavy (non-hydrogen) atoms. The van der Waals surface area contributed by atoms with E-state index in [1.807, 2.05) is 4.90 Å². The predicted molar refractivity (Wildman–Crippen MR) is 127 cm³/mol. The molecule has 3 aliphatic rings. The van der Waals surface area contributed by atoms with Crippen molar-refractivity contribution >= 4 is 34.9 Å². The van der Waals surface area contributed by atoms with Gasteiger partial charge in [-0.15, -0.1) is 0 Å². The van der Waals surface area contributed by atoms with E-state index in [-0.39, 0.29) is 31.1 Å². The van der Waals surface area contributed by atoms with E-state index in [2.05, 4.69) is 10.6 Å². The van der Waals surface area contributed by atoms with E-state index >= 15 is 0 Å². The van der Waals surface area contributed by atoms with Gasteiger partial charge in [0.15, 0.2) is 11.5 Å².